The van der Waals surface area contributed by atoms with E-state index >= 15 is 0 Å². The van der Waals surface area contributed by atoms with Crippen LogP contribution in [0.25, 0.3) is 21.5 Å². The van der Waals surface area contributed by atoms with Gasteiger partial charge in [-0.05, 0) is 5.39 Å². The average molecular weight is 581 g/mol. The predicted molar refractivity (Wildman–Crippen MR) is 135 cm³/mol. The van der Waals surface area contributed by atoms with Gasteiger partial charge >= 0.3 is 34.0 Å². The van der Waals surface area contributed by atoms with Gasteiger partial charge in [0.25, 0.3) is 0 Å². The van der Waals surface area contributed by atoms with Gasteiger partial charge in [-0.1, -0.05) is 61.9 Å². The van der Waals surface area contributed by atoms with Crippen LogP contribution in [0.2, 0.25) is 0 Å². The van der Waals surface area contributed by atoms with Gasteiger partial charge in [0.15, 0.2) is 0 Å². The molecule has 0 atom stereocenters. The normalized spacial score (nSPS) is 8.31. The summed E-state index contributed by atoms with van der Waals surface area (Å²) in [6, 6.07) is 27.9. The summed E-state index contributed by atoms with van der Waals surface area (Å²) in [4.78, 5) is 0. The van der Waals surface area contributed by atoms with Crippen molar-refractivity contribution < 1.29 is 20.2 Å². The van der Waals surface area contributed by atoms with Crippen LogP contribution >= 0.6 is 0 Å². The van der Waals surface area contributed by atoms with Crippen molar-refractivity contribution in [3.8, 4) is 0 Å². The molecule has 0 amide bonds. The van der Waals surface area contributed by atoms with Gasteiger partial charge in [-0.25, -0.2) is 6.07 Å². The minimum absolute atomic E-state index is 0. The zero-order chi connectivity index (χ0) is 17.9. The fourth-order valence-corrected chi connectivity index (χ4v) is 2.85. The summed E-state index contributed by atoms with van der Waals surface area (Å²) in [6.07, 6.45) is 3.87. The van der Waals surface area contributed by atoms with E-state index in [9.17, 15) is 0 Å². The van der Waals surface area contributed by atoms with E-state index < -0.39 is 0 Å². The summed E-state index contributed by atoms with van der Waals surface area (Å²) < 4.78 is 0. The molecule has 0 saturated carbocycles. The molecular formula is C26H34HfSi2-6. The molecule has 0 aliphatic rings. The maximum atomic E-state index is 3.29. The van der Waals surface area contributed by atoms with Gasteiger partial charge in [0.2, 0.25) is 0 Å². The number of hydrogen-bond donors (Lipinski definition) is 0. The second-order valence-electron chi connectivity index (χ2n) is 5.84. The summed E-state index contributed by atoms with van der Waals surface area (Å²) in [6.45, 7) is 8.81. The summed E-state index contributed by atoms with van der Waals surface area (Å²) >= 11 is -0.306. The molecule has 4 aromatic carbocycles. The molecule has 4 aromatic rings. The third-order valence-electron chi connectivity index (χ3n) is 4.09. The third-order valence-corrected chi connectivity index (χ3v) is 4.09. The van der Waals surface area contributed by atoms with Crippen LogP contribution in [0.5, 0.6) is 0 Å². The van der Waals surface area contributed by atoms with Gasteiger partial charge < -0.3 is 29.7 Å². The average Bonchev–Trinajstić information content (AvgIpc) is 3.33. The van der Waals surface area contributed by atoms with E-state index in [0.717, 1.165) is 0 Å². The molecule has 156 valence electrons. The summed E-state index contributed by atoms with van der Waals surface area (Å²) in [5.41, 5.74) is 1.48. The van der Waals surface area contributed by atoms with Crippen molar-refractivity contribution in [2.45, 2.75) is 26.2 Å². The van der Waals surface area contributed by atoms with Gasteiger partial charge in [-0.3, -0.25) is 0 Å². The van der Waals surface area contributed by atoms with Crippen molar-refractivity contribution in [2.75, 3.05) is 0 Å². The number of unbranched alkanes of at least 4 members (excludes halogenated alkanes) is 1. The summed E-state index contributed by atoms with van der Waals surface area (Å²) in [5.74, 6) is 0. The standard InChI is InChI=1S/C13H9.C9H13.4CH3.Hf.2Si/c1-2-6-12-10(4-1)8-9-11-5-3-7-13(11)12;1-2-3-6-9-7-4-5-8-9;;;;;;;/h1-9H;4-5,7-8H,2-3,6H2,1H3;4*1H3;;;/q6*-1;;;. The van der Waals surface area contributed by atoms with Gasteiger partial charge in [0.1, 0.15) is 0 Å². The summed E-state index contributed by atoms with van der Waals surface area (Å²) in [7, 11) is 0. The molecule has 0 aliphatic carbocycles. The Labute approximate surface area is 194 Å². The summed E-state index contributed by atoms with van der Waals surface area (Å²) in [5, 5.41) is 5.36. The molecule has 0 aliphatic heterocycles. The van der Waals surface area contributed by atoms with Crippen LogP contribution in [-0.4, -0.2) is 13.9 Å². The minimum atomic E-state index is -0.306. The Bertz CT molecular complexity index is 914. The molecule has 0 aromatic heterocycles. The third kappa shape index (κ3) is 10.5. The SMILES string of the molecule is CCCCc1cc[cH-]c1.[CH3-].[CH3-].[CH3-].[CH3-].[Si]=[Hf]=[Si].c1ccc2c(c1)ccc1[cH-]ccc12. The molecule has 29 heavy (non-hydrogen) atoms. The first-order chi connectivity index (χ1) is 12.3. The first kappa shape index (κ1) is 32.6. The quantitative estimate of drug-likeness (QED) is 0.174. The number of fused-ring (bicyclic) bond motifs is 3. The number of aryl methyl sites for hydroxylation is 1. The van der Waals surface area contributed by atoms with Crippen LogP contribution in [-0.2, 0) is 26.6 Å². The minimum Gasteiger partial charge on any atom is -0.168 e. The molecule has 0 heterocycles. The molecule has 0 spiro atoms. The first-order valence-corrected chi connectivity index (χ1v) is 20.4. The van der Waals surface area contributed by atoms with Crippen LogP contribution in [0, 0.1) is 29.7 Å². The Balaban J connectivity index is -0.000000381. The fourth-order valence-electron chi connectivity index (χ4n) is 2.85. The van der Waals surface area contributed by atoms with Crippen LogP contribution < -0.4 is 0 Å². The van der Waals surface area contributed by atoms with Crippen LogP contribution in [0.15, 0.2) is 78.9 Å². The second kappa shape index (κ2) is 19.0. The molecule has 0 nitrogen and oxygen atoms in total. The van der Waals surface area contributed by atoms with Gasteiger partial charge in [0.05, 0.1) is 0 Å². The molecule has 0 unspecified atom stereocenters. The first-order valence-electron chi connectivity index (χ1n) is 8.62. The van der Waals surface area contributed by atoms with Crippen LogP contribution in [0.3, 0.4) is 0 Å². The van der Waals surface area contributed by atoms with E-state index in [-0.39, 0.29) is 49.9 Å². The van der Waals surface area contributed by atoms with Crippen molar-refractivity contribution in [3.05, 3.63) is 114 Å². The molecule has 4 rings (SSSR count). The Morgan fingerprint density at radius 3 is 2.14 bits per heavy atom. The molecule has 0 fully saturated rings. The Hall–Kier alpha value is -1.04. The van der Waals surface area contributed by atoms with E-state index in [1.165, 1.54) is 46.4 Å². The predicted octanol–water partition coefficient (Wildman–Crippen LogP) is 7.50. The number of benzene rings is 2. The van der Waals surface area contributed by atoms with Gasteiger partial charge in [0, 0.05) is 0 Å². The number of hydrogen-bond acceptors (Lipinski definition) is 0. The zero-order valence-corrected chi connectivity index (χ0v) is 24.2. The molecule has 0 N–H and O–H groups in total. The van der Waals surface area contributed by atoms with E-state index in [0.29, 0.717) is 0 Å². The zero-order valence-electron chi connectivity index (χ0n) is 18.6. The van der Waals surface area contributed by atoms with Crippen molar-refractivity contribution in [2.24, 2.45) is 0 Å². The van der Waals surface area contributed by atoms with Crippen LogP contribution in [0.1, 0.15) is 25.3 Å². The van der Waals surface area contributed by atoms with E-state index in [2.05, 4.69) is 99.7 Å². The maximum Gasteiger partial charge on any atom is -0.0370 e. The van der Waals surface area contributed by atoms with E-state index in [1.54, 1.807) is 0 Å². The van der Waals surface area contributed by atoms with E-state index in [4.69, 9.17) is 0 Å². The topological polar surface area (TPSA) is 0 Å². The Kier molecular flexibility index (Phi) is 21.3. The fraction of sp³-hybridized carbons (Fsp3) is 0.154. The monoisotopic (exact) mass is 582 g/mol. The van der Waals surface area contributed by atoms with Crippen molar-refractivity contribution >= 4 is 35.4 Å². The smallest absolute Gasteiger partial charge is 0.0370 e. The molecule has 4 radical (unpaired) electrons. The second-order valence-corrected chi connectivity index (χ2v) is 14.9. The van der Waals surface area contributed by atoms with Crippen molar-refractivity contribution in [3.63, 3.8) is 0 Å². The largest absolute Gasteiger partial charge is 0.168 e. The molecule has 0 bridgehead atoms. The van der Waals surface area contributed by atoms with Crippen molar-refractivity contribution in [1.82, 2.24) is 0 Å². The molecule has 3 heteroatoms. The maximum absolute atomic E-state index is 3.29. The molecular weight excluding hydrogens is 547 g/mol. The van der Waals surface area contributed by atoms with Gasteiger partial charge in [-0.15, -0.1) is 22.9 Å². The number of rotatable bonds is 3. The van der Waals surface area contributed by atoms with Crippen LogP contribution in [0.4, 0.5) is 0 Å². The van der Waals surface area contributed by atoms with E-state index in [1.807, 2.05) is 0 Å². The van der Waals surface area contributed by atoms with Crippen molar-refractivity contribution in [1.29, 1.82) is 0 Å². The Morgan fingerprint density at radius 1 is 0.828 bits per heavy atom. The molecule has 0 saturated heterocycles. The van der Waals surface area contributed by atoms with Gasteiger partial charge in [-0.2, -0.15) is 35.9 Å². The Morgan fingerprint density at radius 2 is 1.52 bits per heavy atom.